The SMILES string of the molecule is COc1ccc(C2=NN(C3CCN(C(=O)[C@@H](C(C)C)N(C(=O)O)C(C)(C)C)CC3)C(=O)[C@@H]3CCCC[C@H]23)cc1OC. The number of methoxy groups -OCH3 is 2. The zero-order chi connectivity index (χ0) is 30.1. The number of carbonyl (C=O) groups is 3. The minimum atomic E-state index is -1.10. The minimum absolute atomic E-state index is 0.0680. The first-order chi connectivity index (χ1) is 19.4. The average Bonchev–Trinajstić information content (AvgIpc) is 2.94. The Hall–Kier alpha value is -3.30. The number of rotatable bonds is 7. The molecule has 0 spiro atoms. The lowest BCUT2D eigenvalue weighted by atomic mass is 9.73. The predicted octanol–water partition coefficient (Wildman–Crippen LogP) is 4.85. The molecule has 0 bridgehead atoms. The molecule has 0 aromatic heterocycles. The maximum atomic E-state index is 13.8. The van der Waals surface area contributed by atoms with Crippen molar-refractivity contribution in [1.82, 2.24) is 14.8 Å². The first kappa shape index (κ1) is 30.7. The molecule has 2 fully saturated rings. The molecule has 2 aliphatic heterocycles. The van der Waals surface area contributed by atoms with E-state index in [1.165, 1.54) is 4.90 Å². The molecule has 1 aromatic rings. The number of amides is 3. The first-order valence-corrected chi connectivity index (χ1v) is 14.8. The highest BCUT2D eigenvalue weighted by Gasteiger charge is 2.45. The molecule has 1 saturated carbocycles. The van der Waals surface area contributed by atoms with Gasteiger partial charge in [0.25, 0.3) is 0 Å². The van der Waals surface area contributed by atoms with Crippen LogP contribution in [0.1, 0.15) is 78.7 Å². The fourth-order valence-corrected chi connectivity index (χ4v) is 6.73. The lowest BCUT2D eigenvalue weighted by Crippen LogP contribution is -2.61. The van der Waals surface area contributed by atoms with Crippen molar-refractivity contribution >= 4 is 23.6 Å². The molecule has 41 heavy (non-hydrogen) atoms. The van der Waals surface area contributed by atoms with Gasteiger partial charge in [0.2, 0.25) is 11.8 Å². The van der Waals surface area contributed by atoms with Crippen molar-refractivity contribution in [3.05, 3.63) is 23.8 Å². The van der Waals surface area contributed by atoms with Crippen LogP contribution < -0.4 is 9.47 Å². The van der Waals surface area contributed by atoms with Crippen molar-refractivity contribution in [2.24, 2.45) is 22.9 Å². The standard InChI is InChI=1S/C31H46N4O6/c1-19(2)27(34(30(38)39)31(3,4)5)29(37)33-16-14-21(15-17-33)35-28(36)23-11-9-8-10-22(23)26(32-35)20-12-13-24(40-6)25(18-20)41-7/h12-13,18-19,21-23,27H,8-11,14-17H2,1-7H3,(H,38,39)/t22-,23+,27+/m0/s1. The summed E-state index contributed by atoms with van der Waals surface area (Å²) in [6.45, 7) is 10.1. The third kappa shape index (κ3) is 6.16. The van der Waals surface area contributed by atoms with Crippen molar-refractivity contribution in [2.75, 3.05) is 27.3 Å². The van der Waals surface area contributed by atoms with Gasteiger partial charge in [0.1, 0.15) is 6.04 Å². The molecule has 10 nitrogen and oxygen atoms in total. The van der Waals surface area contributed by atoms with Gasteiger partial charge in [-0.2, -0.15) is 5.10 Å². The largest absolute Gasteiger partial charge is 0.493 e. The van der Waals surface area contributed by atoms with Crippen molar-refractivity contribution < 1.29 is 29.0 Å². The molecule has 226 valence electrons. The van der Waals surface area contributed by atoms with E-state index in [1.807, 2.05) is 52.8 Å². The lowest BCUT2D eigenvalue weighted by molar-refractivity contribution is -0.145. The predicted molar refractivity (Wildman–Crippen MR) is 156 cm³/mol. The van der Waals surface area contributed by atoms with E-state index in [-0.39, 0.29) is 35.6 Å². The first-order valence-electron chi connectivity index (χ1n) is 14.8. The van der Waals surface area contributed by atoms with Gasteiger partial charge in [-0.1, -0.05) is 26.7 Å². The number of hydrogen-bond acceptors (Lipinski definition) is 6. The summed E-state index contributed by atoms with van der Waals surface area (Å²) in [5.74, 6) is 0.946. The van der Waals surface area contributed by atoms with E-state index in [1.54, 1.807) is 24.1 Å². The number of hydrogen-bond donors (Lipinski definition) is 1. The van der Waals surface area contributed by atoms with Gasteiger partial charge in [-0.05, 0) is 70.6 Å². The van der Waals surface area contributed by atoms with Gasteiger partial charge in [-0.15, -0.1) is 0 Å². The highest BCUT2D eigenvalue weighted by Crippen LogP contribution is 2.40. The summed E-state index contributed by atoms with van der Waals surface area (Å²) >= 11 is 0. The fourth-order valence-electron chi connectivity index (χ4n) is 6.73. The van der Waals surface area contributed by atoms with Gasteiger partial charge in [0.15, 0.2) is 11.5 Å². The van der Waals surface area contributed by atoms with Crippen LogP contribution >= 0.6 is 0 Å². The number of carboxylic acid groups (broad SMARTS) is 1. The highest BCUT2D eigenvalue weighted by atomic mass is 16.5. The quantitative estimate of drug-likeness (QED) is 0.502. The van der Waals surface area contributed by atoms with Gasteiger partial charge in [0.05, 0.1) is 26.0 Å². The van der Waals surface area contributed by atoms with E-state index in [2.05, 4.69) is 0 Å². The number of hydrazone groups is 1. The number of nitrogens with zero attached hydrogens (tertiary/aromatic N) is 4. The van der Waals surface area contributed by atoms with Crippen LogP contribution in [0.15, 0.2) is 23.3 Å². The number of likely N-dealkylation sites (tertiary alicyclic amines) is 1. The van der Waals surface area contributed by atoms with Crippen molar-refractivity contribution in [1.29, 1.82) is 0 Å². The summed E-state index contributed by atoms with van der Waals surface area (Å²) < 4.78 is 11.0. The van der Waals surface area contributed by atoms with E-state index >= 15 is 0 Å². The molecule has 1 aliphatic carbocycles. The summed E-state index contributed by atoms with van der Waals surface area (Å²) in [6.07, 6.45) is 3.94. The van der Waals surface area contributed by atoms with E-state index in [4.69, 9.17) is 14.6 Å². The molecule has 1 saturated heterocycles. The smallest absolute Gasteiger partial charge is 0.408 e. The van der Waals surface area contributed by atoms with Gasteiger partial charge in [0, 0.05) is 36.0 Å². The number of carbonyl (C=O) groups excluding carboxylic acids is 2. The van der Waals surface area contributed by atoms with E-state index < -0.39 is 17.7 Å². The number of piperidine rings is 1. The zero-order valence-electron chi connectivity index (χ0n) is 25.6. The Kier molecular flexibility index (Phi) is 9.19. The van der Waals surface area contributed by atoms with Crippen molar-refractivity contribution in [2.45, 2.75) is 90.8 Å². The minimum Gasteiger partial charge on any atom is -0.493 e. The van der Waals surface area contributed by atoms with Crippen LogP contribution in [-0.2, 0) is 9.59 Å². The Morgan fingerprint density at radius 3 is 2.15 bits per heavy atom. The summed E-state index contributed by atoms with van der Waals surface area (Å²) in [5, 5.41) is 16.7. The molecule has 4 rings (SSSR count). The molecule has 1 aromatic carbocycles. The molecule has 0 radical (unpaired) electrons. The van der Waals surface area contributed by atoms with Gasteiger partial charge in [-0.3, -0.25) is 14.5 Å². The number of benzene rings is 1. The van der Waals surface area contributed by atoms with Crippen molar-refractivity contribution in [3.8, 4) is 11.5 Å². The third-order valence-electron chi connectivity index (χ3n) is 8.77. The normalized spacial score (nSPS) is 22.6. The molecule has 0 unspecified atom stereocenters. The van der Waals surface area contributed by atoms with Crippen LogP contribution in [0.3, 0.4) is 0 Å². The molecular formula is C31H46N4O6. The number of fused-ring (bicyclic) bond motifs is 1. The third-order valence-corrected chi connectivity index (χ3v) is 8.77. The van der Waals surface area contributed by atoms with Gasteiger partial charge in [-0.25, -0.2) is 9.80 Å². The Balaban J connectivity index is 1.57. The molecule has 3 atom stereocenters. The molecule has 10 heteroatoms. The molecule has 1 N–H and O–H groups in total. The Labute approximate surface area is 243 Å². The van der Waals surface area contributed by atoms with Crippen LogP contribution in [0.25, 0.3) is 0 Å². The molecule has 3 aliphatic rings. The summed E-state index contributed by atoms with van der Waals surface area (Å²) in [5.41, 5.74) is 1.12. The molecular weight excluding hydrogens is 524 g/mol. The summed E-state index contributed by atoms with van der Waals surface area (Å²) in [4.78, 5) is 42.7. The average molecular weight is 571 g/mol. The monoisotopic (exact) mass is 570 g/mol. The Bertz CT molecular complexity index is 1170. The summed E-state index contributed by atoms with van der Waals surface area (Å²) in [7, 11) is 3.22. The second kappa shape index (κ2) is 12.3. The zero-order valence-corrected chi connectivity index (χ0v) is 25.6. The maximum Gasteiger partial charge on any atom is 0.408 e. The summed E-state index contributed by atoms with van der Waals surface area (Å²) in [6, 6.07) is 4.89. The van der Waals surface area contributed by atoms with Crippen molar-refractivity contribution in [3.63, 3.8) is 0 Å². The second-order valence-electron chi connectivity index (χ2n) is 12.8. The van der Waals surface area contributed by atoms with Crippen LogP contribution in [0.4, 0.5) is 4.79 Å². The number of ether oxygens (including phenoxy) is 2. The van der Waals surface area contributed by atoms with E-state index in [0.717, 1.165) is 37.0 Å². The molecule has 2 heterocycles. The topological polar surface area (TPSA) is 112 Å². The van der Waals surface area contributed by atoms with Gasteiger partial charge >= 0.3 is 6.09 Å². The fraction of sp³-hybridized carbons (Fsp3) is 0.677. The van der Waals surface area contributed by atoms with Gasteiger partial charge < -0.3 is 19.5 Å². The van der Waals surface area contributed by atoms with Crippen LogP contribution in [0.5, 0.6) is 11.5 Å². The Morgan fingerprint density at radius 1 is 1.00 bits per heavy atom. The maximum absolute atomic E-state index is 13.8. The second-order valence-corrected chi connectivity index (χ2v) is 12.8. The van der Waals surface area contributed by atoms with Crippen LogP contribution in [-0.4, -0.2) is 88.5 Å². The van der Waals surface area contributed by atoms with E-state index in [0.29, 0.717) is 37.4 Å². The van der Waals surface area contributed by atoms with Crippen LogP contribution in [0, 0.1) is 17.8 Å². The lowest BCUT2D eigenvalue weighted by Gasteiger charge is -2.45. The Morgan fingerprint density at radius 2 is 1.61 bits per heavy atom. The highest BCUT2D eigenvalue weighted by molar-refractivity contribution is 6.07. The van der Waals surface area contributed by atoms with E-state index in [9.17, 15) is 19.5 Å². The molecule has 3 amide bonds. The van der Waals surface area contributed by atoms with Crippen LogP contribution in [0.2, 0.25) is 0 Å².